The minimum atomic E-state index is -3.79. The van der Waals surface area contributed by atoms with Gasteiger partial charge in [-0.3, -0.25) is 4.72 Å². The topological polar surface area (TPSA) is 72.2 Å². The number of thiophene rings is 1. The first kappa shape index (κ1) is 14.4. The van der Waals surface area contributed by atoms with Crippen molar-refractivity contribution in [1.82, 2.24) is 0 Å². The molecule has 0 atom stereocenters. The molecule has 1 aromatic heterocycles. The van der Waals surface area contributed by atoms with Crippen LogP contribution < -0.4 is 10.5 Å². The maximum absolute atomic E-state index is 13.2. The highest BCUT2D eigenvalue weighted by molar-refractivity contribution is 7.94. The Morgan fingerprint density at radius 3 is 2.26 bits per heavy atom. The summed E-state index contributed by atoms with van der Waals surface area (Å²) in [6.45, 7) is 0. The second-order valence-corrected chi connectivity index (χ2v) is 7.19. The average molecular weight is 341 g/mol. The summed E-state index contributed by atoms with van der Waals surface area (Å²) in [5.41, 5.74) is 5.88. The van der Waals surface area contributed by atoms with Crippen LogP contribution >= 0.6 is 34.5 Å². The lowest BCUT2D eigenvalue weighted by atomic mass is 10.3. The van der Waals surface area contributed by atoms with E-state index in [-0.39, 0.29) is 19.9 Å². The van der Waals surface area contributed by atoms with E-state index in [9.17, 15) is 12.8 Å². The van der Waals surface area contributed by atoms with Crippen molar-refractivity contribution in [2.75, 3.05) is 10.5 Å². The van der Waals surface area contributed by atoms with Gasteiger partial charge in [0, 0.05) is 11.1 Å². The van der Waals surface area contributed by atoms with Crippen LogP contribution in [-0.2, 0) is 10.0 Å². The van der Waals surface area contributed by atoms with E-state index in [1.165, 1.54) is 11.4 Å². The summed E-state index contributed by atoms with van der Waals surface area (Å²) in [4.78, 5) is 0. The first-order chi connectivity index (χ1) is 8.79. The van der Waals surface area contributed by atoms with Crippen LogP contribution in [0.25, 0.3) is 0 Å². The number of hydrogen-bond donors (Lipinski definition) is 2. The second-order valence-electron chi connectivity index (χ2n) is 3.56. The molecular formula is C10H7Cl2FN2O2S2. The number of nitrogens with two attached hydrogens (primary N) is 1. The second kappa shape index (κ2) is 5.16. The Morgan fingerprint density at radius 2 is 1.79 bits per heavy atom. The molecule has 2 rings (SSSR count). The normalized spacial score (nSPS) is 11.5. The largest absolute Gasteiger partial charge is 0.398 e. The summed E-state index contributed by atoms with van der Waals surface area (Å²) >= 11 is 12.1. The van der Waals surface area contributed by atoms with Crippen molar-refractivity contribution in [3.8, 4) is 0 Å². The standard InChI is InChI=1S/C10H7Cl2FN2O2S2/c11-7-2-6(3-8(12)10(7)13)15-19(16,17)9-1-5(14)4-18-9/h1-4,15H,14H2. The van der Waals surface area contributed by atoms with Crippen LogP contribution in [0.2, 0.25) is 10.0 Å². The molecule has 1 heterocycles. The molecule has 3 N–H and O–H groups in total. The van der Waals surface area contributed by atoms with E-state index < -0.39 is 15.8 Å². The van der Waals surface area contributed by atoms with Gasteiger partial charge in [-0.15, -0.1) is 11.3 Å². The molecule has 0 amide bonds. The minimum Gasteiger partial charge on any atom is -0.398 e. The Kier molecular flexibility index (Phi) is 3.91. The molecule has 0 aliphatic rings. The van der Waals surface area contributed by atoms with Crippen LogP contribution in [0.3, 0.4) is 0 Å². The predicted molar refractivity (Wildman–Crippen MR) is 76.0 cm³/mol. The molecule has 0 aliphatic carbocycles. The van der Waals surface area contributed by atoms with E-state index in [1.54, 1.807) is 0 Å². The fourth-order valence-corrected chi connectivity index (χ4v) is 3.90. The van der Waals surface area contributed by atoms with Gasteiger partial charge in [0.05, 0.1) is 15.7 Å². The van der Waals surface area contributed by atoms with Gasteiger partial charge in [0.15, 0.2) is 5.82 Å². The zero-order valence-corrected chi connectivity index (χ0v) is 12.3. The summed E-state index contributed by atoms with van der Waals surface area (Å²) in [7, 11) is -3.79. The Bertz CT molecular complexity index is 708. The SMILES string of the molecule is Nc1csc(S(=O)(=O)Nc2cc(Cl)c(F)c(Cl)c2)c1. The number of sulfonamides is 1. The van der Waals surface area contributed by atoms with Gasteiger partial charge in [-0.1, -0.05) is 23.2 Å². The van der Waals surface area contributed by atoms with Gasteiger partial charge in [0.2, 0.25) is 0 Å². The lowest BCUT2D eigenvalue weighted by Gasteiger charge is -2.07. The molecule has 0 spiro atoms. The van der Waals surface area contributed by atoms with Crippen molar-refractivity contribution in [2.45, 2.75) is 4.21 Å². The number of nitrogen functional groups attached to an aromatic ring is 1. The van der Waals surface area contributed by atoms with Crippen LogP contribution in [-0.4, -0.2) is 8.42 Å². The minimum absolute atomic E-state index is 0.0431. The molecule has 0 saturated heterocycles. The highest BCUT2D eigenvalue weighted by atomic mass is 35.5. The van der Waals surface area contributed by atoms with Gasteiger partial charge in [-0.25, -0.2) is 12.8 Å². The van der Waals surface area contributed by atoms with Crippen molar-refractivity contribution in [3.05, 3.63) is 39.4 Å². The maximum Gasteiger partial charge on any atom is 0.271 e. The first-order valence-corrected chi connectivity index (χ1v) is 7.93. The summed E-state index contributed by atoms with van der Waals surface area (Å²) in [5.74, 6) is -0.799. The van der Waals surface area contributed by atoms with Gasteiger partial charge in [-0.05, 0) is 18.2 Å². The third kappa shape index (κ3) is 3.11. The molecule has 1 aromatic carbocycles. The van der Waals surface area contributed by atoms with E-state index in [0.717, 1.165) is 23.5 Å². The van der Waals surface area contributed by atoms with Crippen molar-refractivity contribution in [1.29, 1.82) is 0 Å². The molecule has 0 unspecified atom stereocenters. The van der Waals surface area contributed by atoms with E-state index in [4.69, 9.17) is 28.9 Å². The summed E-state index contributed by atoms with van der Waals surface area (Å²) in [5, 5.41) is 0.964. The molecule has 19 heavy (non-hydrogen) atoms. The third-order valence-electron chi connectivity index (χ3n) is 2.10. The zero-order valence-electron chi connectivity index (χ0n) is 9.15. The van der Waals surface area contributed by atoms with Gasteiger partial charge in [0.25, 0.3) is 10.0 Å². The zero-order chi connectivity index (χ0) is 14.2. The van der Waals surface area contributed by atoms with Crippen molar-refractivity contribution >= 4 is 55.9 Å². The van der Waals surface area contributed by atoms with Crippen molar-refractivity contribution in [2.24, 2.45) is 0 Å². The molecule has 2 aromatic rings. The van der Waals surface area contributed by atoms with Gasteiger partial charge >= 0.3 is 0 Å². The Labute approximate surface area is 123 Å². The van der Waals surface area contributed by atoms with Crippen LogP contribution in [0.15, 0.2) is 27.8 Å². The van der Waals surface area contributed by atoms with Crippen LogP contribution in [0.4, 0.5) is 15.8 Å². The average Bonchev–Trinajstić information content (AvgIpc) is 2.73. The van der Waals surface area contributed by atoms with E-state index in [0.29, 0.717) is 5.69 Å². The third-order valence-corrected chi connectivity index (χ3v) is 5.49. The van der Waals surface area contributed by atoms with Gasteiger partial charge in [0.1, 0.15) is 4.21 Å². The van der Waals surface area contributed by atoms with Crippen molar-refractivity contribution in [3.63, 3.8) is 0 Å². The predicted octanol–water partition coefficient (Wildman–Crippen LogP) is 3.58. The quantitative estimate of drug-likeness (QED) is 0.838. The van der Waals surface area contributed by atoms with Gasteiger partial charge in [-0.2, -0.15) is 0 Å². The molecule has 0 fully saturated rings. The molecule has 102 valence electrons. The number of benzene rings is 1. The fraction of sp³-hybridized carbons (Fsp3) is 0. The fourth-order valence-electron chi connectivity index (χ4n) is 1.29. The maximum atomic E-state index is 13.2. The summed E-state index contributed by atoms with van der Waals surface area (Å²) in [6.07, 6.45) is 0. The van der Waals surface area contributed by atoms with E-state index in [2.05, 4.69) is 4.72 Å². The Morgan fingerprint density at radius 1 is 1.21 bits per heavy atom. The molecular weight excluding hydrogens is 334 g/mol. The number of halogens is 3. The van der Waals surface area contributed by atoms with Crippen molar-refractivity contribution < 1.29 is 12.8 Å². The summed E-state index contributed by atoms with van der Waals surface area (Å²) in [6, 6.07) is 3.59. The number of anilines is 2. The van der Waals surface area contributed by atoms with Crippen LogP contribution in [0, 0.1) is 5.82 Å². The molecule has 0 bridgehead atoms. The Balaban J connectivity index is 2.36. The molecule has 0 aliphatic heterocycles. The molecule has 4 nitrogen and oxygen atoms in total. The van der Waals surface area contributed by atoms with Gasteiger partial charge < -0.3 is 5.73 Å². The Hall–Kier alpha value is -1.02. The van der Waals surface area contributed by atoms with E-state index in [1.807, 2.05) is 0 Å². The highest BCUT2D eigenvalue weighted by Crippen LogP contribution is 2.30. The lowest BCUT2D eigenvalue weighted by molar-refractivity contribution is 0.603. The monoisotopic (exact) mass is 340 g/mol. The van der Waals surface area contributed by atoms with Crippen LogP contribution in [0.5, 0.6) is 0 Å². The number of hydrogen-bond acceptors (Lipinski definition) is 4. The highest BCUT2D eigenvalue weighted by Gasteiger charge is 2.18. The summed E-state index contributed by atoms with van der Waals surface area (Å²) < 4.78 is 39.5. The smallest absolute Gasteiger partial charge is 0.271 e. The lowest BCUT2D eigenvalue weighted by Crippen LogP contribution is -2.11. The van der Waals surface area contributed by atoms with E-state index >= 15 is 0 Å². The molecule has 9 heteroatoms. The first-order valence-electron chi connectivity index (χ1n) is 4.81. The number of rotatable bonds is 3. The van der Waals surface area contributed by atoms with Crippen LogP contribution in [0.1, 0.15) is 0 Å². The molecule has 0 radical (unpaired) electrons. The number of nitrogens with one attached hydrogen (secondary N) is 1. The molecule has 0 saturated carbocycles.